The molecule has 0 N–H and O–H groups in total. The van der Waals surface area contributed by atoms with Crippen LogP contribution in [0.5, 0.6) is 0 Å². The summed E-state index contributed by atoms with van der Waals surface area (Å²) in [6.07, 6.45) is 9.46. The van der Waals surface area contributed by atoms with E-state index in [9.17, 15) is 0 Å². The van der Waals surface area contributed by atoms with Crippen LogP contribution >= 0.6 is 0 Å². The summed E-state index contributed by atoms with van der Waals surface area (Å²) < 4.78 is 0. The summed E-state index contributed by atoms with van der Waals surface area (Å²) in [6, 6.07) is 0. The molecule has 0 saturated carbocycles. The van der Waals surface area contributed by atoms with Gasteiger partial charge >= 0.3 is 51.6 Å². The topological polar surface area (TPSA) is 0 Å². The Morgan fingerprint density at radius 2 is 2.29 bits per heavy atom. The maximum absolute atomic E-state index is 3.86. The average Bonchev–Trinajstić information content (AvgIpc) is 1.69. The number of hydrogen-bond acceptors (Lipinski definition) is 0. The minimum atomic E-state index is 0.519. The molecule has 7 heavy (non-hydrogen) atoms. The fraction of sp³-hybridized carbons (Fsp3) is 0.333. The van der Waals surface area contributed by atoms with Gasteiger partial charge in [0.05, 0.1) is 0 Å². The van der Waals surface area contributed by atoms with Gasteiger partial charge in [-0.3, -0.25) is 0 Å². The van der Waals surface area contributed by atoms with Gasteiger partial charge in [-0.05, 0) is 0 Å². The van der Waals surface area contributed by atoms with Gasteiger partial charge in [0.25, 0.3) is 0 Å². The zero-order valence-corrected chi connectivity index (χ0v) is 5.05. The van der Waals surface area contributed by atoms with Crippen LogP contribution in [0, 0.1) is 0 Å². The van der Waals surface area contributed by atoms with Gasteiger partial charge in [0.1, 0.15) is 0 Å². The fourth-order valence-electron chi connectivity index (χ4n) is 0.544. The summed E-state index contributed by atoms with van der Waals surface area (Å²) in [6.45, 7) is 0. The van der Waals surface area contributed by atoms with E-state index in [1.165, 1.54) is 0 Å². The molecular formula is C6H7Fe+. The Kier molecular flexibility index (Phi) is 1.72. The molecule has 1 unspecified atom stereocenters. The van der Waals surface area contributed by atoms with Gasteiger partial charge in [-0.1, -0.05) is 0 Å². The van der Waals surface area contributed by atoms with Crippen molar-refractivity contribution in [3.8, 4) is 0 Å². The van der Waals surface area contributed by atoms with Crippen LogP contribution in [-0.2, 0) is 16.0 Å². The molecule has 1 heteroatoms. The van der Waals surface area contributed by atoms with Gasteiger partial charge in [0.2, 0.25) is 0 Å². The SMILES string of the molecule is [Fe+][CH]1C=CC=CC1. The summed E-state index contributed by atoms with van der Waals surface area (Å²) in [7, 11) is 0. The van der Waals surface area contributed by atoms with Crippen molar-refractivity contribution in [1.29, 1.82) is 0 Å². The third-order valence-corrected chi connectivity index (χ3v) is 1.39. The van der Waals surface area contributed by atoms with E-state index < -0.39 is 0 Å². The molecule has 0 aliphatic heterocycles. The van der Waals surface area contributed by atoms with Crippen molar-refractivity contribution in [2.75, 3.05) is 0 Å². The van der Waals surface area contributed by atoms with Crippen molar-refractivity contribution in [2.24, 2.45) is 0 Å². The van der Waals surface area contributed by atoms with E-state index in [2.05, 4.69) is 34.2 Å². The Morgan fingerprint density at radius 1 is 1.43 bits per heavy atom. The molecule has 0 nitrogen and oxygen atoms in total. The van der Waals surface area contributed by atoms with Crippen molar-refractivity contribution in [1.82, 2.24) is 0 Å². The molecule has 0 fully saturated rings. The number of hydrogen-bond donors (Lipinski definition) is 0. The molecule has 0 heterocycles. The van der Waals surface area contributed by atoms with Gasteiger partial charge in [-0.25, -0.2) is 0 Å². The van der Waals surface area contributed by atoms with Gasteiger partial charge < -0.3 is 0 Å². The van der Waals surface area contributed by atoms with E-state index >= 15 is 0 Å². The molecule has 0 amide bonds. The maximum atomic E-state index is 3.86. The zero-order valence-electron chi connectivity index (χ0n) is 3.95. The third-order valence-electron chi connectivity index (χ3n) is 0.918. The van der Waals surface area contributed by atoms with Crippen LogP contribution in [0.4, 0.5) is 0 Å². The summed E-state index contributed by atoms with van der Waals surface area (Å²) in [5, 5.41) is 0. The van der Waals surface area contributed by atoms with E-state index in [1.54, 1.807) is 0 Å². The first-order chi connectivity index (χ1) is 3.39. The molecule has 0 bridgehead atoms. The van der Waals surface area contributed by atoms with Crippen molar-refractivity contribution in [3.05, 3.63) is 24.3 Å². The Labute approximate surface area is 52.1 Å². The van der Waals surface area contributed by atoms with Crippen molar-refractivity contribution in [2.45, 2.75) is 11.2 Å². The molecule has 1 aliphatic rings. The summed E-state index contributed by atoms with van der Waals surface area (Å²) in [5.41, 5.74) is 0. The van der Waals surface area contributed by atoms with E-state index in [-0.39, 0.29) is 0 Å². The van der Waals surface area contributed by atoms with Crippen LogP contribution < -0.4 is 0 Å². The minimum absolute atomic E-state index is 0.519. The third kappa shape index (κ3) is 1.50. The van der Waals surface area contributed by atoms with E-state index in [4.69, 9.17) is 0 Å². The van der Waals surface area contributed by atoms with Gasteiger partial charge in [-0.15, -0.1) is 0 Å². The first kappa shape index (κ1) is 5.14. The van der Waals surface area contributed by atoms with Crippen LogP contribution in [0.1, 0.15) is 6.42 Å². The molecule has 38 valence electrons. The predicted octanol–water partition coefficient (Wildman–Crippen LogP) is 1.84. The molecule has 1 atom stereocenters. The molecule has 0 aromatic rings. The Hall–Kier alpha value is -0.000519. The second-order valence-corrected chi connectivity index (χ2v) is 2.37. The number of allylic oxidation sites excluding steroid dienone is 4. The normalized spacial score (nSPS) is 28.4. The second-order valence-electron chi connectivity index (χ2n) is 1.55. The summed E-state index contributed by atoms with van der Waals surface area (Å²) in [5.74, 6) is 0. The van der Waals surface area contributed by atoms with E-state index in [0.717, 1.165) is 6.42 Å². The Bertz CT molecular complexity index is 103. The fourth-order valence-corrected chi connectivity index (χ4v) is 0.817. The van der Waals surface area contributed by atoms with Gasteiger partial charge in [0, 0.05) is 0 Å². The number of rotatable bonds is 0. The Balaban J connectivity index is 2.49. The summed E-state index contributed by atoms with van der Waals surface area (Å²) >= 11 is 3.86. The molecule has 0 aromatic carbocycles. The molecule has 1 rings (SSSR count). The molecule has 0 aromatic heterocycles. The van der Waals surface area contributed by atoms with Crippen LogP contribution in [0.3, 0.4) is 0 Å². The van der Waals surface area contributed by atoms with E-state index in [1.807, 2.05) is 6.08 Å². The van der Waals surface area contributed by atoms with Crippen molar-refractivity contribution < 1.29 is 16.0 Å². The summed E-state index contributed by atoms with van der Waals surface area (Å²) in [4.78, 5) is 0.519. The first-order valence-corrected chi connectivity index (χ1v) is 2.99. The molecule has 0 radical (unpaired) electrons. The second kappa shape index (κ2) is 2.34. The Morgan fingerprint density at radius 3 is 2.57 bits per heavy atom. The quantitative estimate of drug-likeness (QED) is 0.444. The molecule has 0 saturated heterocycles. The van der Waals surface area contributed by atoms with Gasteiger partial charge in [-0.2, -0.15) is 0 Å². The van der Waals surface area contributed by atoms with Crippen LogP contribution in [0.25, 0.3) is 0 Å². The molecular weight excluding hydrogens is 128 g/mol. The predicted molar refractivity (Wildman–Crippen MR) is 26.6 cm³/mol. The first-order valence-electron chi connectivity index (χ1n) is 2.35. The van der Waals surface area contributed by atoms with Crippen molar-refractivity contribution >= 4 is 0 Å². The van der Waals surface area contributed by atoms with Crippen molar-refractivity contribution in [3.63, 3.8) is 0 Å². The standard InChI is InChI=1S/C6H7.Fe/c1-2-4-6-5-3-1;/h1-5H,6H2;/q;+1. The average molecular weight is 135 g/mol. The van der Waals surface area contributed by atoms with E-state index in [0.29, 0.717) is 4.82 Å². The zero-order chi connectivity index (χ0) is 5.11. The molecule has 0 spiro atoms. The van der Waals surface area contributed by atoms with Gasteiger partial charge in [0.15, 0.2) is 0 Å². The monoisotopic (exact) mass is 135 g/mol. The van der Waals surface area contributed by atoms with Crippen LogP contribution in [-0.4, -0.2) is 0 Å². The molecule has 1 aliphatic carbocycles. The van der Waals surface area contributed by atoms with Crippen LogP contribution in [0.15, 0.2) is 24.3 Å². The van der Waals surface area contributed by atoms with Crippen LogP contribution in [0.2, 0.25) is 4.82 Å².